The second-order valence-corrected chi connectivity index (χ2v) is 1.95. The van der Waals surface area contributed by atoms with Gasteiger partial charge in [-0.05, 0) is 19.6 Å². The quantitative estimate of drug-likeness (QED) is 0.456. The van der Waals surface area contributed by atoms with Crippen molar-refractivity contribution in [2.75, 3.05) is 39.5 Å². The van der Waals surface area contributed by atoms with E-state index < -0.39 is 0 Å². The molecular weight excluding hydrogens is 262 g/mol. The molecule has 0 spiro atoms. The molecule has 1 N–H and O–H groups in total. The molecule has 0 radical (unpaired) electrons. The third-order valence-corrected chi connectivity index (χ3v) is 1.22. The van der Waals surface area contributed by atoms with E-state index in [4.69, 9.17) is 3.40 Å². The summed E-state index contributed by atoms with van der Waals surface area (Å²) in [6.45, 7) is 0.263. The summed E-state index contributed by atoms with van der Waals surface area (Å²) in [6, 6.07) is 0. The van der Waals surface area contributed by atoms with Gasteiger partial charge in [0.15, 0.2) is 0 Å². The normalized spacial score (nSPS) is 8.77. The van der Waals surface area contributed by atoms with Crippen molar-refractivity contribution >= 4 is 0 Å². The summed E-state index contributed by atoms with van der Waals surface area (Å²) >= 11 is 0.700. The van der Waals surface area contributed by atoms with Crippen molar-refractivity contribution in [3.8, 4) is 0 Å². The van der Waals surface area contributed by atoms with Gasteiger partial charge in [0.25, 0.3) is 0 Å². The molecule has 13 heavy (non-hydrogen) atoms. The standard InChI is InChI=1S/C6H12NO3.Mo.H2O.O/c8-4-1-7(2-5-9)3-6-10;;;/h1-6H2;;1H2;/q-3;+4;;/p-1. The monoisotopic (exact) mass is 277 g/mol. The van der Waals surface area contributed by atoms with Crippen LogP contribution in [0, 0.1) is 0 Å². The Labute approximate surface area is 88.7 Å². The van der Waals surface area contributed by atoms with E-state index in [2.05, 4.69) is 0 Å². The van der Waals surface area contributed by atoms with Crippen molar-refractivity contribution < 1.29 is 44.0 Å². The van der Waals surface area contributed by atoms with Crippen molar-refractivity contribution in [2.24, 2.45) is 0 Å². The van der Waals surface area contributed by atoms with Gasteiger partial charge in [-0.15, -0.1) is 19.8 Å². The maximum absolute atomic E-state index is 10.0. The predicted octanol–water partition coefficient (Wildman–Crippen LogP) is -3.93. The SMILES string of the molecule is [O-]CCN(CC[O-])CC[O-].[OH-].[O]=[Mo+4]. The van der Waals surface area contributed by atoms with Crippen LogP contribution in [0.15, 0.2) is 0 Å². The number of hydrogen-bond donors (Lipinski definition) is 0. The first-order valence-electron chi connectivity index (χ1n) is 3.48. The van der Waals surface area contributed by atoms with Crippen LogP contribution in [0.5, 0.6) is 0 Å². The molecule has 0 rings (SSSR count). The van der Waals surface area contributed by atoms with E-state index in [-0.39, 0.29) is 25.3 Å². The summed E-state index contributed by atoms with van der Waals surface area (Å²) in [6.07, 6.45) is 0. The van der Waals surface area contributed by atoms with Crippen LogP contribution in [0.4, 0.5) is 0 Å². The molecule has 0 aliphatic rings. The predicted molar refractivity (Wildman–Crippen MR) is 33.7 cm³/mol. The molecule has 0 bridgehead atoms. The van der Waals surface area contributed by atoms with Gasteiger partial charge in [-0.25, -0.2) is 0 Å². The van der Waals surface area contributed by atoms with Crippen LogP contribution in [-0.2, 0) is 23.2 Å². The third kappa shape index (κ3) is 15.1. The molecule has 78 valence electrons. The topological polar surface area (TPSA) is 119 Å². The van der Waals surface area contributed by atoms with Gasteiger partial charge in [-0.1, -0.05) is 0 Å². The number of rotatable bonds is 6. The van der Waals surface area contributed by atoms with E-state index in [1.807, 2.05) is 0 Å². The molecule has 0 atom stereocenters. The first kappa shape index (κ1) is 19.0. The minimum atomic E-state index is -0.236. The molecule has 0 unspecified atom stereocenters. The van der Waals surface area contributed by atoms with Crippen LogP contribution in [-0.4, -0.2) is 49.8 Å². The third-order valence-electron chi connectivity index (χ3n) is 1.22. The van der Waals surface area contributed by atoms with Gasteiger partial charge in [0.05, 0.1) is 0 Å². The molecule has 0 heterocycles. The molecule has 0 saturated heterocycles. The minimum absolute atomic E-state index is 0. The maximum atomic E-state index is 10.0. The van der Waals surface area contributed by atoms with Gasteiger partial charge >= 0.3 is 23.2 Å². The molecule has 7 heteroatoms. The molecule has 0 aliphatic heterocycles. The first-order chi connectivity index (χ1) is 5.85. The van der Waals surface area contributed by atoms with Crippen molar-refractivity contribution in [1.82, 2.24) is 4.90 Å². The Bertz CT molecular complexity index is 73.2. The van der Waals surface area contributed by atoms with Gasteiger partial charge < -0.3 is 25.7 Å². The van der Waals surface area contributed by atoms with Crippen molar-refractivity contribution in [3.05, 3.63) is 0 Å². The van der Waals surface area contributed by atoms with Crippen molar-refractivity contribution in [3.63, 3.8) is 0 Å². The zero-order valence-electron chi connectivity index (χ0n) is 7.18. The van der Waals surface area contributed by atoms with Crippen LogP contribution < -0.4 is 15.3 Å². The van der Waals surface area contributed by atoms with E-state index in [0.29, 0.717) is 39.4 Å². The Morgan fingerprint density at radius 2 is 1.08 bits per heavy atom. The van der Waals surface area contributed by atoms with E-state index in [9.17, 15) is 15.3 Å². The first-order valence-corrected chi connectivity index (χ1v) is 4.30. The molecule has 0 aliphatic carbocycles. The molecule has 6 nitrogen and oxygen atoms in total. The summed E-state index contributed by atoms with van der Waals surface area (Å²) in [5.41, 5.74) is 0. The molecular formula is C6H13MoNO5. The van der Waals surface area contributed by atoms with Crippen molar-refractivity contribution in [1.29, 1.82) is 0 Å². The summed E-state index contributed by atoms with van der Waals surface area (Å²) in [7, 11) is 0. The Kier molecular flexibility index (Phi) is 26.5. The van der Waals surface area contributed by atoms with Crippen molar-refractivity contribution in [2.45, 2.75) is 0 Å². The van der Waals surface area contributed by atoms with Gasteiger partial charge in [-0.2, -0.15) is 0 Å². The second kappa shape index (κ2) is 18.2. The molecule has 0 saturated carbocycles. The van der Waals surface area contributed by atoms with E-state index in [0.717, 1.165) is 0 Å². The Balaban J connectivity index is -0.000000309. The zero-order valence-corrected chi connectivity index (χ0v) is 9.19. The molecule has 0 fully saturated rings. The fourth-order valence-electron chi connectivity index (χ4n) is 0.723. The van der Waals surface area contributed by atoms with Crippen LogP contribution in [0.3, 0.4) is 0 Å². The van der Waals surface area contributed by atoms with E-state index in [1.165, 1.54) is 0 Å². The van der Waals surface area contributed by atoms with Gasteiger partial charge in [0.1, 0.15) is 0 Å². The summed E-state index contributed by atoms with van der Waals surface area (Å²) in [4.78, 5) is 1.60. The Morgan fingerprint density at radius 3 is 1.23 bits per heavy atom. The molecule has 0 aromatic heterocycles. The van der Waals surface area contributed by atoms with Crippen LogP contribution in [0.25, 0.3) is 0 Å². The molecule has 0 aromatic carbocycles. The van der Waals surface area contributed by atoms with Crippen LogP contribution >= 0.6 is 0 Å². The van der Waals surface area contributed by atoms with Gasteiger partial charge in [0.2, 0.25) is 0 Å². The summed E-state index contributed by atoms with van der Waals surface area (Å²) in [5.74, 6) is 0. The summed E-state index contributed by atoms with van der Waals surface area (Å²) < 4.78 is 8.26. The summed E-state index contributed by atoms with van der Waals surface area (Å²) in [5, 5.41) is 30.1. The number of hydrogen-bond acceptors (Lipinski definition) is 6. The Hall–Kier alpha value is 0.288. The fraction of sp³-hybridized carbons (Fsp3) is 1.00. The average molecular weight is 275 g/mol. The van der Waals surface area contributed by atoms with Gasteiger partial charge in [0, 0.05) is 0 Å². The fourth-order valence-corrected chi connectivity index (χ4v) is 0.723. The molecule has 0 aromatic rings. The van der Waals surface area contributed by atoms with E-state index in [1.54, 1.807) is 4.90 Å². The molecule has 0 amide bonds. The van der Waals surface area contributed by atoms with Crippen LogP contribution in [0.1, 0.15) is 0 Å². The number of nitrogens with zero attached hydrogens (tertiary/aromatic N) is 1. The van der Waals surface area contributed by atoms with Gasteiger partial charge in [-0.3, -0.25) is 0 Å². The zero-order chi connectivity index (χ0) is 9.82. The second-order valence-electron chi connectivity index (χ2n) is 1.95. The van der Waals surface area contributed by atoms with E-state index >= 15 is 0 Å². The van der Waals surface area contributed by atoms with Crippen LogP contribution in [0.2, 0.25) is 0 Å². The average Bonchev–Trinajstić information content (AvgIpc) is 2.10. The Morgan fingerprint density at radius 1 is 0.846 bits per heavy atom.